The van der Waals surface area contributed by atoms with E-state index >= 15 is 0 Å². The van der Waals surface area contributed by atoms with Gasteiger partial charge in [0, 0.05) is 10.9 Å². The van der Waals surface area contributed by atoms with Gasteiger partial charge in [0.15, 0.2) is 5.51 Å². The van der Waals surface area contributed by atoms with E-state index in [1.165, 1.54) is 18.4 Å². The highest BCUT2D eigenvalue weighted by Crippen LogP contribution is 2.19. The number of hydrogen-bond donors (Lipinski definition) is 0. The smallest absolute Gasteiger partial charge is 0.337 e. The molecule has 3 nitrogen and oxygen atoms in total. The number of hydrogen-bond acceptors (Lipinski definition) is 4. The molecule has 1 aromatic heterocycles. The van der Waals surface area contributed by atoms with Gasteiger partial charge in [0.1, 0.15) is 0 Å². The Labute approximate surface area is 91.4 Å². The first kappa shape index (κ1) is 9.86. The molecule has 0 aliphatic rings. The fourth-order valence-electron chi connectivity index (χ4n) is 1.21. The third-order valence-corrected chi connectivity index (χ3v) is 2.53. The number of carbonyl (C=O) groups is 1. The molecule has 0 saturated heterocycles. The molecule has 0 bridgehead atoms. The second-order valence-electron chi connectivity index (χ2n) is 2.89. The van der Waals surface area contributed by atoms with Gasteiger partial charge in [-0.05, 0) is 12.1 Å². The summed E-state index contributed by atoms with van der Waals surface area (Å²) in [4.78, 5) is 15.2. The van der Waals surface area contributed by atoms with Crippen LogP contribution in [0.4, 0.5) is 0 Å². The van der Waals surface area contributed by atoms with Crippen LogP contribution in [0, 0.1) is 5.51 Å². The topological polar surface area (TPSA) is 39.2 Å². The number of thiazole rings is 1. The molecule has 0 atom stereocenters. The van der Waals surface area contributed by atoms with Crippen molar-refractivity contribution in [1.82, 2.24) is 4.98 Å². The second kappa shape index (κ2) is 4.23. The van der Waals surface area contributed by atoms with Crippen LogP contribution in [0.15, 0.2) is 29.6 Å². The predicted molar refractivity (Wildman–Crippen MR) is 57.7 cm³/mol. The molecule has 0 amide bonds. The van der Waals surface area contributed by atoms with Gasteiger partial charge < -0.3 is 4.74 Å². The van der Waals surface area contributed by atoms with E-state index in [4.69, 9.17) is 0 Å². The minimum atomic E-state index is -0.327. The van der Waals surface area contributed by atoms with Crippen LogP contribution in [0.1, 0.15) is 10.4 Å². The van der Waals surface area contributed by atoms with E-state index in [1.54, 1.807) is 12.1 Å². The summed E-state index contributed by atoms with van der Waals surface area (Å²) in [5, 5.41) is 1.91. The number of methoxy groups -OCH3 is 1. The number of nitrogens with zero attached hydrogens (tertiary/aromatic N) is 1. The molecule has 0 unspecified atom stereocenters. The highest BCUT2D eigenvalue weighted by atomic mass is 32.1. The second-order valence-corrected chi connectivity index (χ2v) is 3.55. The molecule has 1 aromatic carbocycles. The molecule has 2 aromatic rings. The zero-order valence-corrected chi connectivity index (χ0v) is 8.88. The van der Waals surface area contributed by atoms with Crippen molar-refractivity contribution in [1.29, 1.82) is 0 Å². The van der Waals surface area contributed by atoms with Gasteiger partial charge in [-0.15, -0.1) is 11.3 Å². The van der Waals surface area contributed by atoms with E-state index in [9.17, 15) is 4.79 Å². The number of ether oxygens (including phenoxy) is 1. The summed E-state index contributed by atoms with van der Waals surface area (Å²) < 4.78 is 4.61. The van der Waals surface area contributed by atoms with E-state index in [1.807, 2.05) is 17.5 Å². The van der Waals surface area contributed by atoms with Crippen molar-refractivity contribution in [2.24, 2.45) is 0 Å². The minimum absolute atomic E-state index is 0.327. The summed E-state index contributed by atoms with van der Waals surface area (Å²) in [7, 11) is 1.37. The van der Waals surface area contributed by atoms with Crippen LogP contribution < -0.4 is 0 Å². The van der Waals surface area contributed by atoms with E-state index < -0.39 is 0 Å². The summed E-state index contributed by atoms with van der Waals surface area (Å²) in [6, 6.07) is 7.13. The van der Waals surface area contributed by atoms with Crippen molar-refractivity contribution < 1.29 is 9.53 Å². The van der Waals surface area contributed by atoms with Crippen molar-refractivity contribution in [3.63, 3.8) is 0 Å². The predicted octanol–water partition coefficient (Wildman–Crippen LogP) is 2.40. The summed E-state index contributed by atoms with van der Waals surface area (Å²) in [6.45, 7) is 0. The molecule has 2 rings (SSSR count). The number of aromatic nitrogens is 1. The fraction of sp³-hybridized carbons (Fsp3) is 0.0909. The van der Waals surface area contributed by atoms with Crippen LogP contribution in [0.3, 0.4) is 0 Å². The first-order valence-electron chi connectivity index (χ1n) is 4.31. The zero-order valence-electron chi connectivity index (χ0n) is 8.06. The lowest BCUT2D eigenvalue weighted by molar-refractivity contribution is 0.0601. The first-order valence-corrected chi connectivity index (χ1v) is 5.19. The van der Waals surface area contributed by atoms with Crippen LogP contribution >= 0.6 is 11.3 Å². The SMILES string of the molecule is COC(=O)c1ccc(-c2cs[c]n2)cc1. The zero-order chi connectivity index (χ0) is 10.7. The largest absolute Gasteiger partial charge is 0.465 e. The lowest BCUT2D eigenvalue weighted by Crippen LogP contribution is -2.00. The Balaban J connectivity index is 2.29. The molecule has 75 valence electrons. The molecular formula is C11H8NO2S. The molecule has 4 heteroatoms. The standard InChI is InChI=1S/C11H8NO2S/c1-14-11(13)9-4-2-8(3-5-9)10-6-15-7-12-10/h2-6H,1H3. The van der Waals surface area contributed by atoms with E-state index in [0.29, 0.717) is 5.56 Å². The molecule has 1 radical (unpaired) electrons. The Bertz CT molecular complexity index is 448. The quantitative estimate of drug-likeness (QED) is 0.726. The lowest BCUT2D eigenvalue weighted by atomic mass is 10.1. The molecule has 0 spiro atoms. The normalized spacial score (nSPS) is 9.93. The van der Waals surface area contributed by atoms with Gasteiger partial charge in [-0.25, -0.2) is 9.78 Å². The van der Waals surface area contributed by atoms with Crippen LogP contribution in [-0.2, 0) is 4.74 Å². The molecule has 15 heavy (non-hydrogen) atoms. The van der Waals surface area contributed by atoms with Crippen molar-refractivity contribution >= 4 is 17.3 Å². The lowest BCUT2D eigenvalue weighted by Gasteiger charge is -2.00. The molecule has 0 fully saturated rings. The van der Waals surface area contributed by atoms with Gasteiger partial charge in [0.05, 0.1) is 18.4 Å². The van der Waals surface area contributed by atoms with Crippen molar-refractivity contribution in [2.45, 2.75) is 0 Å². The molecule has 0 aliphatic carbocycles. The maximum Gasteiger partial charge on any atom is 0.337 e. The average molecular weight is 218 g/mol. The third kappa shape index (κ3) is 2.05. The van der Waals surface area contributed by atoms with Gasteiger partial charge in [0.25, 0.3) is 0 Å². The number of rotatable bonds is 2. The van der Waals surface area contributed by atoms with E-state index in [0.717, 1.165) is 11.3 Å². The summed E-state index contributed by atoms with van der Waals surface area (Å²) in [6.07, 6.45) is 0. The molecule has 0 N–H and O–H groups in total. The van der Waals surface area contributed by atoms with Crippen molar-refractivity contribution in [2.75, 3.05) is 7.11 Å². The fourth-order valence-corrected chi connectivity index (χ4v) is 1.72. The van der Waals surface area contributed by atoms with Crippen molar-refractivity contribution in [3.05, 3.63) is 40.7 Å². The van der Waals surface area contributed by atoms with Gasteiger partial charge in [-0.3, -0.25) is 0 Å². The Morgan fingerprint density at radius 2 is 2.13 bits per heavy atom. The molecular weight excluding hydrogens is 210 g/mol. The summed E-state index contributed by atoms with van der Waals surface area (Å²) in [5.41, 5.74) is 5.16. The Morgan fingerprint density at radius 1 is 1.40 bits per heavy atom. The van der Waals surface area contributed by atoms with Crippen LogP contribution in [-0.4, -0.2) is 18.1 Å². The molecule has 0 aliphatic heterocycles. The molecule has 0 saturated carbocycles. The minimum Gasteiger partial charge on any atom is -0.465 e. The Hall–Kier alpha value is -1.68. The first-order chi connectivity index (χ1) is 7.31. The number of benzene rings is 1. The van der Waals surface area contributed by atoms with Gasteiger partial charge >= 0.3 is 5.97 Å². The van der Waals surface area contributed by atoms with Gasteiger partial charge in [-0.1, -0.05) is 12.1 Å². The van der Waals surface area contributed by atoms with Crippen LogP contribution in [0.5, 0.6) is 0 Å². The van der Waals surface area contributed by atoms with Crippen LogP contribution in [0.2, 0.25) is 0 Å². The average Bonchev–Trinajstić information content (AvgIpc) is 2.82. The van der Waals surface area contributed by atoms with Crippen molar-refractivity contribution in [3.8, 4) is 11.3 Å². The van der Waals surface area contributed by atoms with Gasteiger partial charge in [0.2, 0.25) is 0 Å². The van der Waals surface area contributed by atoms with Gasteiger partial charge in [-0.2, -0.15) is 0 Å². The number of carbonyl (C=O) groups excluding carboxylic acids is 1. The number of esters is 1. The Morgan fingerprint density at radius 3 is 2.67 bits per heavy atom. The summed E-state index contributed by atoms with van der Waals surface area (Å²) >= 11 is 1.42. The van der Waals surface area contributed by atoms with Crippen LogP contribution in [0.25, 0.3) is 11.3 Å². The Kier molecular flexibility index (Phi) is 2.78. The maximum absolute atomic E-state index is 11.2. The van der Waals surface area contributed by atoms with E-state index in [2.05, 4.69) is 15.2 Å². The summed E-state index contributed by atoms with van der Waals surface area (Å²) in [5.74, 6) is -0.327. The molecule has 1 heterocycles. The monoisotopic (exact) mass is 218 g/mol. The highest BCUT2D eigenvalue weighted by molar-refractivity contribution is 7.07. The highest BCUT2D eigenvalue weighted by Gasteiger charge is 2.05. The van der Waals surface area contributed by atoms with E-state index in [-0.39, 0.29) is 5.97 Å². The third-order valence-electron chi connectivity index (χ3n) is 1.99. The maximum atomic E-state index is 11.2.